The Morgan fingerprint density at radius 1 is 0.810 bits per heavy atom. The highest BCUT2D eigenvalue weighted by Gasteiger charge is 2.34. The number of ketones is 1. The van der Waals surface area contributed by atoms with Crippen LogP contribution in [0.15, 0.2) is 30.3 Å². The Balaban J connectivity index is 3.00. The van der Waals surface area contributed by atoms with Crippen LogP contribution in [0.2, 0.25) is 0 Å². The van der Waals surface area contributed by atoms with Gasteiger partial charge < -0.3 is 36.8 Å². The van der Waals surface area contributed by atoms with E-state index in [1.165, 1.54) is 20.8 Å². The highest BCUT2D eigenvalue weighted by molar-refractivity contribution is 6.38. The highest BCUT2D eigenvalue weighted by atomic mass is 16.4. The molecule has 0 saturated heterocycles. The molecule has 0 fully saturated rings. The number of aliphatic carboxylic acids is 1. The molecule has 0 aromatic heterocycles. The van der Waals surface area contributed by atoms with E-state index in [1.54, 1.807) is 37.3 Å². The van der Waals surface area contributed by atoms with Gasteiger partial charge in [0.25, 0.3) is 5.91 Å². The van der Waals surface area contributed by atoms with E-state index in [2.05, 4.69) is 26.6 Å². The molecule has 1 rings (SSSR count). The summed E-state index contributed by atoms with van der Waals surface area (Å²) < 4.78 is 0. The fraction of sp³-hybridized carbons (Fsp3) is 0.536. The number of carboxylic acid groups (broad SMARTS) is 1. The molecule has 0 spiro atoms. The van der Waals surface area contributed by atoms with Crippen molar-refractivity contribution < 1.29 is 43.8 Å². The zero-order valence-corrected chi connectivity index (χ0v) is 24.4. The molecule has 5 amide bonds. The number of Topliss-reactive ketones (excluding diaryl/α,β-unsaturated/α-hetero) is 1. The van der Waals surface area contributed by atoms with E-state index in [0.717, 1.165) is 0 Å². The molecule has 42 heavy (non-hydrogen) atoms. The van der Waals surface area contributed by atoms with Crippen LogP contribution in [0.25, 0.3) is 0 Å². The zero-order valence-electron chi connectivity index (χ0n) is 24.4. The van der Waals surface area contributed by atoms with E-state index in [9.17, 15) is 38.7 Å². The number of hydrogen-bond donors (Lipinski definition) is 7. The normalized spacial score (nSPS) is 15.0. The summed E-state index contributed by atoms with van der Waals surface area (Å²) in [6, 6.07) is 3.47. The summed E-state index contributed by atoms with van der Waals surface area (Å²) in [5.74, 6) is -6.42. The summed E-state index contributed by atoms with van der Waals surface area (Å²) >= 11 is 0. The van der Waals surface area contributed by atoms with E-state index < -0.39 is 78.0 Å². The average Bonchev–Trinajstić information content (AvgIpc) is 2.92. The Kier molecular flexibility index (Phi) is 14.9. The zero-order chi connectivity index (χ0) is 32.0. The summed E-state index contributed by atoms with van der Waals surface area (Å²) in [6.07, 6.45) is -1.30. The first-order valence-corrected chi connectivity index (χ1v) is 13.6. The standard InChI is InChI=1S/C28H41N5O9/c1-6-15(2)22(31-18(5)35)26(40)33-23(17(4)34)27(41)30-16(3)25(39)32-20(14-19-10-8-7-9-11-19)24(38)28(42)29-13-12-21(36)37/h7-11,15-17,20,22-23,34H,6,12-14H2,1-5H3,(H,29,42)(H,30,41)(H,31,35)(H,32,39)(H,33,40)(H,36,37)/t15-,16-,17+,20?,22-,23-/m0/s1. The molecule has 1 aromatic rings. The second-order valence-electron chi connectivity index (χ2n) is 10.0. The molecule has 1 aromatic carbocycles. The van der Waals surface area contributed by atoms with Gasteiger partial charge in [0, 0.05) is 19.9 Å². The third-order valence-corrected chi connectivity index (χ3v) is 6.43. The quantitative estimate of drug-likeness (QED) is 0.108. The first-order chi connectivity index (χ1) is 19.7. The molecular formula is C28H41N5O9. The molecule has 0 radical (unpaired) electrons. The monoisotopic (exact) mass is 591 g/mol. The van der Waals surface area contributed by atoms with E-state index >= 15 is 0 Å². The van der Waals surface area contributed by atoms with Crippen LogP contribution in [-0.2, 0) is 40.0 Å². The molecule has 0 saturated carbocycles. The Labute approximate surface area is 244 Å². The van der Waals surface area contributed by atoms with Gasteiger partial charge in [0.2, 0.25) is 29.4 Å². The van der Waals surface area contributed by atoms with E-state index in [-0.39, 0.29) is 18.9 Å². The van der Waals surface area contributed by atoms with Crippen molar-refractivity contribution in [1.82, 2.24) is 26.6 Å². The third kappa shape index (κ3) is 12.0. The lowest BCUT2D eigenvalue weighted by molar-refractivity contribution is -0.141. The molecule has 14 nitrogen and oxygen atoms in total. The van der Waals surface area contributed by atoms with Crippen molar-refractivity contribution in [2.24, 2.45) is 5.92 Å². The second kappa shape index (κ2) is 17.5. The summed E-state index contributed by atoms with van der Waals surface area (Å²) in [5, 5.41) is 30.9. The van der Waals surface area contributed by atoms with Crippen LogP contribution in [0, 0.1) is 5.92 Å². The van der Waals surface area contributed by atoms with Crippen LogP contribution in [0.1, 0.15) is 53.0 Å². The summed E-state index contributed by atoms with van der Waals surface area (Å²) in [6.45, 7) is 7.10. The molecule has 0 heterocycles. The van der Waals surface area contributed by atoms with Gasteiger partial charge in [-0.15, -0.1) is 0 Å². The lowest BCUT2D eigenvalue weighted by atomic mass is 9.97. The maximum absolute atomic E-state index is 13.0. The Hall–Kier alpha value is -4.33. The van der Waals surface area contributed by atoms with E-state index in [4.69, 9.17) is 5.11 Å². The van der Waals surface area contributed by atoms with Gasteiger partial charge >= 0.3 is 5.97 Å². The van der Waals surface area contributed by atoms with Crippen LogP contribution in [0.4, 0.5) is 0 Å². The minimum atomic E-state index is -1.48. The first-order valence-electron chi connectivity index (χ1n) is 13.6. The van der Waals surface area contributed by atoms with Gasteiger partial charge in [0.15, 0.2) is 0 Å². The number of amides is 5. The first kappa shape index (κ1) is 35.7. The topological polar surface area (TPSA) is 220 Å². The lowest BCUT2D eigenvalue weighted by Crippen LogP contribution is -2.60. The lowest BCUT2D eigenvalue weighted by Gasteiger charge is -2.28. The number of nitrogens with one attached hydrogen (secondary N) is 5. The SMILES string of the molecule is CC[C@H](C)[C@H](NC(C)=O)C(=O)N[C@H](C(=O)N[C@@H](C)C(=O)NC(Cc1ccccc1)C(=O)C(=O)NCCC(=O)O)[C@@H](C)O. The molecule has 0 aliphatic carbocycles. The number of hydrogen-bond acceptors (Lipinski definition) is 8. The Bertz CT molecular complexity index is 1130. The fourth-order valence-corrected chi connectivity index (χ4v) is 3.82. The minimum absolute atomic E-state index is 0.0645. The molecule has 1 unspecified atom stereocenters. The molecule has 7 N–H and O–H groups in total. The molecule has 0 bridgehead atoms. The van der Waals surface area contributed by atoms with Crippen molar-refractivity contribution in [2.75, 3.05) is 6.54 Å². The van der Waals surface area contributed by atoms with Crippen molar-refractivity contribution in [3.8, 4) is 0 Å². The smallest absolute Gasteiger partial charge is 0.305 e. The molecular weight excluding hydrogens is 550 g/mol. The Morgan fingerprint density at radius 2 is 1.40 bits per heavy atom. The number of aliphatic hydroxyl groups excluding tert-OH is 1. The number of carboxylic acids is 1. The number of benzene rings is 1. The molecule has 0 aliphatic heterocycles. The van der Waals surface area contributed by atoms with E-state index in [0.29, 0.717) is 12.0 Å². The highest BCUT2D eigenvalue weighted by Crippen LogP contribution is 2.09. The van der Waals surface area contributed by atoms with Gasteiger partial charge in [-0.3, -0.25) is 33.6 Å². The Morgan fingerprint density at radius 3 is 1.93 bits per heavy atom. The van der Waals surface area contributed by atoms with Crippen molar-refractivity contribution in [1.29, 1.82) is 0 Å². The summed E-state index contributed by atoms with van der Waals surface area (Å²) in [7, 11) is 0. The molecule has 14 heteroatoms. The fourth-order valence-electron chi connectivity index (χ4n) is 3.82. The van der Waals surface area contributed by atoms with Crippen LogP contribution in [0.3, 0.4) is 0 Å². The number of aliphatic hydroxyl groups is 1. The van der Waals surface area contributed by atoms with Crippen molar-refractivity contribution >= 4 is 41.3 Å². The van der Waals surface area contributed by atoms with Crippen molar-refractivity contribution in [3.05, 3.63) is 35.9 Å². The van der Waals surface area contributed by atoms with Gasteiger partial charge in [0.05, 0.1) is 12.5 Å². The molecule has 232 valence electrons. The van der Waals surface area contributed by atoms with Gasteiger partial charge in [-0.25, -0.2) is 0 Å². The number of carbonyl (C=O) groups is 7. The van der Waals surface area contributed by atoms with Crippen molar-refractivity contribution in [3.63, 3.8) is 0 Å². The maximum Gasteiger partial charge on any atom is 0.305 e. The van der Waals surface area contributed by atoms with Crippen LogP contribution < -0.4 is 26.6 Å². The second-order valence-corrected chi connectivity index (χ2v) is 10.0. The van der Waals surface area contributed by atoms with Crippen LogP contribution in [0.5, 0.6) is 0 Å². The van der Waals surface area contributed by atoms with Gasteiger partial charge in [-0.05, 0) is 25.3 Å². The van der Waals surface area contributed by atoms with E-state index in [1.807, 2.05) is 6.92 Å². The summed E-state index contributed by atoms with van der Waals surface area (Å²) in [4.78, 5) is 86.4. The predicted octanol–water partition coefficient (Wildman–Crippen LogP) is -1.20. The average molecular weight is 592 g/mol. The van der Waals surface area contributed by atoms with Gasteiger partial charge in [0.1, 0.15) is 24.2 Å². The molecule has 6 atom stereocenters. The largest absolute Gasteiger partial charge is 0.481 e. The number of rotatable bonds is 17. The maximum atomic E-state index is 13.0. The minimum Gasteiger partial charge on any atom is -0.481 e. The predicted molar refractivity (Wildman–Crippen MR) is 151 cm³/mol. The van der Waals surface area contributed by atoms with Crippen molar-refractivity contribution in [2.45, 2.75) is 84.2 Å². The summed E-state index contributed by atoms with van der Waals surface area (Å²) in [5.41, 5.74) is 0.623. The number of carbonyl (C=O) groups excluding carboxylic acids is 6. The van der Waals surface area contributed by atoms with Gasteiger partial charge in [-0.1, -0.05) is 50.6 Å². The third-order valence-electron chi connectivity index (χ3n) is 6.43. The van der Waals surface area contributed by atoms with Crippen LogP contribution >= 0.6 is 0 Å². The van der Waals surface area contributed by atoms with Gasteiger partial charge in [-0.2, -0.15) is 0 Å². The van der Waals surface area contributed by atoms with Crippen LogP contribution in [-0.4, -0.2) is 88.3 Å². The molecule has 0 aliphatic rings.